The number of rotatable bonds is 7. The molecule has 1 amide bonds. The molecule has 1 N–H and O–H groups in total. The third kappa shape index (κ3) is 6.60. The van der Waals surface area contributed by atoms with Crippen molar-refractivity contribution in [3.05, 3.63) is 65.2 Å². The second-order valence-corrected chi connectivity index (χ2v) is 9.41. The molecular weight excluding hydrogens is 372 g/mol. The van der Waals surface area contributed by atoms with Crippen molar-refractivity contribution in [1.29, 1.82) is 0 Å². The molecule has 0 aromatic heterocycles. The highest BCUT2D eigenvalue weighted by Crippen LogP contribution is 2.24. The number of piperidine rings is 1. The number of hydrogen-bond donors (Lipinski definition) is 1. The number of ether oxygens (including phenoxy) is 1. The van der Waals surface area contributed by atoms with E-state index in [2.05, 4.69) is 67.4 Å². The molecule has 0 bridgehead atoms. The van der Waals surface area contributed by atoms with E-state index in [1.807, 2.05) is 12.1 Å². The Morgan fingerprint density at radius 1 is 0.967 bits per heavy atom. The van der Waals surface area contributed by atoms with Crippen LogP contribution in [0.5, 0.6) is 5.75 Å². The van der Waals surface area contributed by atoms with Crippen LogP contribution in [-0.4, -0.2) is 30.0 Å². The lowest BCUT2D eigenvalue weighted by atomic mass is 9.87. The molecule has 2 aromatic rings. The normalized spacial score (nSPS) is 16.1. The van der Waals surface area contributed by atoms with Crippen LogP contribution in [0.3, 0.4) is 0 Å². The number of likely N-dealkylation sites (tertiary alicyclic amines) is 1. The Morgan fingerprint density at radius 3 is 2.17 bits per heavy atom. The lowest BCUT2D eigenvalue weighted by Crippen LogP contribution is -2.35. The summed E-state index contributed by atoms with van der Waals surface area (Å²) in [6.07, 6.45) is 3.44. The summed E-state index contributed by atoms with van der Waals surface area (Å²) in [6, 6.07) is 16.6. The van der Waals surface area contributed by atoms with Crippen LogP contribution in [0.4, 0.5) is 0 Å². The van der Waals surface area contributed by atoms with Gasteiger partial charge >= 0.3 is 0 Å². The van der Waals surface area contributed by atoms with Gasteiger partial charge in [0.25, 0.3) is 5.91 Å². The van der Waals surface area contributed by atoms with E-state index in [4.69, 9.17) is 4.74 Å². The van der Waals surface area contributed by atoms with Crippen molar-refractivity contribution in [3.8, 4) is 5.75 Å². The molecule has 1 unspecified atom stereocenters. The number of carbonyl (C=O) groups excluding carboxylic acids is 1. The van der Waals surface area contributed by atoms with Gasteiger partial charge in [0.2, 0.25) is 0 Å². The summed E-state index contributed by atoms with van der Waals surface area (Å²) in [5.74, 6) is 0.611. The predicted molar refractivity (Wildman–Crippen MR) is 123 cm³/mol. The Morgan fingerprint density at radius 2 is 1.57 bits per heavy atom. The number of nitrogens with one attached hydrogen (secondary N) is 1. The molecule has 1 saturated heterocycles. The van der Waals surface area contributed by atoms with E-state index in [-0.39, 0.29) is 11.3 Å². The standard InChI is InChI=1S/C26H36N2O2/c1-20(30-24-14-12-23(13-15-24)26(2,3)4)25(29)27-18-21-8-10-22(11-9-21)19-28-16-6-5-7-17-28/h8-15,20H,5-7,16-19H2,1-4H3,(H,27,29). The van der Waals surface area contributed by atoms with Gasteiger partial charge in [0, 0.05) is 13.1 Å². The van der Waals surface area contributed by atoms with Gasteiger partial charge in [0.15, 0.2) is 6.10 Å². The molecule has 4 nitrogen and oxygen atoms in total. The number of carbonyl (C=O) groups is 1. The Bertz CT molecular complexity index is 800. The summed E-state index contributed by atoms with van der Waals surface area (Å²) in [6.45, 7) is 12.3. The van der Waals surface area contributed by atoms with Crippen LogP contribution in [0.25, 0.3) is 0 Å². The molecule has 4 heteroatoms. The summed E-state index contributed by atoms with van der Waals surface area (Å²) in [7, 11) is 0. The van der Waals surface area contributed by atoms with Crippen molar-refractivity contribution < 1.29 is 9.53 Å². The summed E-state index contributed by atoms with van der Waals surface area (Å²) < 4.78 is 5.82. The molecule has 0 saturated carbocycles. The lowest BCUT2D eigenvalue weighted by molar-refractivity contribution is -0.127. The zero-order valence-electron chi connectivity index (χ0n) is 18.9. The average molecular weight is 409 g/mol. The fourth-order valence-corrected chi connectivity index (χ4v) is 3.76. The van der Waals surface area contributed by atoms with Crippen LogP contribution in [0.15, 0.2) is 48.5 Å². The van der Waals surface area contributed by atoms with E-state index >= 15 is 0 Å². The molecule has 1 heterocycles. The smallest absolute Gasteiger partial charge is 0.261 e. The van der Waals surface area contributed by atoms with Gasteiger partial charge in [-0.05, 0) is 67.1 Å². The minimum Gasteiger partial charge on any atom is -0.481 e. The Kier molecular flexibility index (Phi) is 7.54. The van der Waals surface area contributed by atoms with Gasteiger partial charge in [-0.15, -0.1) is 0 Å². The summed E-state index contributed by atoms with van der Waals surface area (Å²) in [5.41, 5.74) is 3.79. The quantitative estimate of drug-likeness (QED) is 0.697. The van der Waals surface area contributed by atoms with Gasteiger partial charge in [-0.3, -0.25) is 9.69 Å². The molecule has 0 aliphatic carbocycles. The highest BCUT2D eigenvalue weighted by Gasteiger charge is 2.16. The SMILES string of the molecule is CC(Oc1ccc(C(C)(C)C)cc1)C(=O)NCc1ccc(CN2CCCCC2)cc1. The van der Waals surface area contributed by atoms with Crippen LogP contribution >= 0.6 is 0 Å². The fraction of sp³-hybridized carbons (Fsp3) is 0.500. The van der Waals surface area contributed by atoms with E-state index in [1.54, 1.807) is 6.92 Å². The summed E-state index contributed by atoms with van der Waals surface area (Å²) in [5, 5.41) is 2.98. The molecule has 2 aromatic carbocycles. The molecule has 1 fully saturated rings. The molecule has 3 rings (SSSR count). The van der Waals surface area contributed by atoms with Crippen LogP contribution in [0, 0.1) is 0 Å². The van der Waals surface area contributed by atoms with Crippen molar-refractivity contribution in [2.24, 2.45) is 0 Å². The molecule has 1 aliphatic rings. The first-order valence-electron chi connectivity index (χ1n) is 11.2. The van der Waals surface area contributed by atoms with Gasteiger partial charge < -0.3 is 10.1 Å². The molecule has 0 radical (unpaired) electrons. The molecule has 1 atom stereocenters. The van der Waals surface area contributed by atoms with E-state index < -0.39 is 6.10 Å². The monoisotopic (exact) mass is 408 g/mol. The van der Waals surface area contributed by atoms with Crippen LogP contribution < -0.4 is 10.1 Å². The minimum atomic E-state index is -0.538. The molecule has 30 heavy (non-hydrogen) atoms. The van der Waals surface area contributed by atoms with E-state index in [9.17, 15) is 4.79 Å². The first kappa shape index (κ1) is 22.4. The lowest BCUT2D eigenvalue weighted by Gasteiger charge is -2.26. The third-order valence-corrected chi connectivity index (χ3v) is 5.75. The van der Waals surface area contributed by atoms with Crippen molar-refractivity contribution in [2.75, 3.05) is 13.1 Å². The zero-order chi connectivity index (χ0) is 21.6. The first-order valence-corrected chi connectivity index (χ1v) is 11.2. The average Bonchev–Trinajstić information content (AvgIpc) is 2.73. The van der Waals surface area contributed by atoms with E-state index in [0.717, 1.165) is 12.1 Å². The highest BCUT2D eigenvalue weighted by atomic mass is 16.5. The largest absolute Gasteiger partial charge is 0.481 e. The van der Waals surface area contributed by atoms with Crippen LogP contribution in [0.2, 0.25) is 0 Å². The number of benzene rings is 2. The highest BCUT2D eigenvalue weighted by molar-refractivity contribution is 5.80. The number of nitrogens with zero attached hydrogens (tertiary/aromatic N) is 1. The third-order valence-electron chi connectivity index (χ3n) is 5.75. The van der Waals surface area contributed by atoms with Gasteiger partial charge in [0.1, 0.15) is 5.75 Å². The first-order chi connectivity index (χ1) is 14.3. The minimum absolute atomic E-state index is 0.102. The Balaban J connectivity index is 1.45. The number of hydrogen-bond acceptors (Lipinski definition) is 3. The van der Waals surface area contributed by atoms with Crippen LogP contribution in [0.1, 0.15) is 63.6 Å². The Hall–Kier alpha value is -2.33. The van der Waals surface area contributed by atoms with Crippen molar-refractivity contribution in [3.63, 3.8) is 0 Å². The summed E-state index contributed by atoms with van der Waals surface area (Å²) in [4.78, 5) is 15.0. The second-order valence-electron chi connectivity index (χ2n) is 9.41. The maximum absolute atomic E-state index is 12.4. The molecule has 0 spiro atoms. The predicted octanol–water partition coefficient (Wildman–Crippen LogP) is 5.05. The maximum atomic E-state index is 12.4. The Labute approximate surface area is 181 Å². The number of amides is 1. The van der Waals surface area contributed by atoms with Crippen LogP contribution in [-0.2, 0) is 23.3 Å². The zero-order valence-corrected chi connectivity index (χ0v) is 18.9. The van der Waals surface area contributed by atoms with E-state index in [0.29, 0.717) is 12.3 Å². The maximum Gasteiger partial charge on any atom is 0.261 e. The second kappa shape index (κ2) is 10.1. The molecule has 162 valence electrons. The van der Waals surface area contributed by atoms with Crippen molar-refractivity contribution >= 4 is 5.91 Å². The van der Waals surface area contributed by atoms with Gasteiger partial charge in [-0.2, -0.15) is 0 Å². The van der Waals surface area contributed by atoms with E-state index in [1.165, 1.54) is 43.5 Å². The fourth-order valence-electron chi connectivity index (χ4n) is 3.76. The molecular formula is C26H36N2O2. The summed E-state index contributed by atoms with van der Waals surface area (Å²) >= 11 is 0. The van der Waals surface area contributed by atoms with Gasteiger partial charge in [-0.1, -0.05) is 63.6 Å². The topological polar surface area (TPSA) is 41.6 Å². The van der Waals surface area contributed by atoms with Gasteiger partial charge in [-0.25, -0.2) is 0 Å². The van der Waals surface area contributed by atoms with Crippen molar-refractivity contribution in [2.45, 2.75) is 71.6 Å². The van der Waals surface area contributed by atoms with Crippen molar-refractivity contribution in [1.82, 2.24) is 10.2 Å². The van der Waals surface area contributed by atoms with Gasteiger partial charge in [0.05, 0.1) is 0 Å². The molecule has 1 aliphatic heterocycles.